The molecule has 32 heavy (non-hydrogen) atoms. The molecule has 2 rings (SSSR count). The van der Waals surface area contributed by atoms with E-state index in [9.17, 15) is 24.6 Å². The fraction of sp³-hybridized carbons (Fsp3) is 0.375. The summed E-state index contributed by atoms with van der Waals surface area (Å²) in [4.78, 5) is 35.2. The zero-order valence-corrected chi connectivity index (χ0v) is 18.4. The molecule has 0 bridgehead atoms. The van der Waals surface area contributed by atoms with Gasteiger partial charge in [-0.3, -0.25) is 4.79 Å². The molecule has 8 heteroatoms. The molecule has 0 aliphatic carbocycles. The first-order valence-electron chi connectivity index (χ1n) is 10.2. The number of alkyl carbamates (subject to hydrolysis) is 1. The van der Waals surface area contributed by atoms with Gasteiger partial charge in [-0.25, -0.2) is 9.59 Å². The van der Waals surface area contributed by atoms with E-state index in [1.54, 1.807) is 45.0 Å². The maximum atomic E-state index is 11.9. The summed E-state index contributed by atoms with van der Waals surface area (Å²) < 4.78 is 10.8. The Labute approximate surface area is 187 Å². The number of amides is 1. The lowest BCUT2D eigenvalue weighted by molar-refractivity contribution is -0.144. The van der Waals surface area contributed by atoms with Crippen molar-refractivity contribution in [1.29, 1.82) is 0 Å². The summed E-state index contributed by atoms with van der Waals surface area (Å²) in [6.45, 7) is 5.36. The van der Waals surface area contributed by atoms with Gasteiger partial charge in [-0.1, -0.05) is 42.5 Å². The number of carbonyl (C=O) groups excluding carboxylic acids is 1. The average Bonchev–Trinajstić information content (AvgIpc) is 2.71. The first-order chi connectivity index (χ1) is 15.0. The Hall–Kier alpha value is -3.55. The largest absolute Gasteiger partial charge is 0.489 e. The highest BCUT2D eigenvalue weighted by molar-refractivity contribution is 5.81. The maximum absolute atomic E-state index is 11.9. The Morgan fingerprint density at radius 1 is 0.906 bits per heavy atom. The monoisotopic (exact) mass is 443 g/mol. The summed E-state index contributed by atoms with van der Waals surface area (Å²) in [6, 6.07) is 15.3. The van der Waals surface area contributed by atoms with Crippen LogP contribution in [0.15, 0.2) is 54.6 Å². The second kappa shape index (κ2) is 11.2. The van der Waals surface area contributed by atoms with Crippen molar-refractivity contribution in [2.45, 2.75) is 51.9 Å². The van der Waals surface area contributed by atoms with E-state index in [0.29, 0.717) is 17.9 Å². The number of carboxylic acid groups (broad SMARTS) is 2. The molecule has 0 heterocycles. The number of hydrogen-bond donors (Lipinski definition) is 3. The van der Waals surface area contributed by atoms with E-state index in [-0.39, 0.29) is 12.8 Å². The molecule has 0 aromatic heterocycles. The molecule has 0 saturated carbocycles. The molecular weight excluding hydrogens is 414 g/mol. The van der Waals surface area contributed by atoms with Crippen LogP contribution in [-0.2, 0) is 27.4 Å². The highest BCUT2D eigenvalue weighted by atomic mass is 16.6. The molecule has 2 aromatic rings. The molecule has 2 aromatic carbocycles. The normalized spacial score (nSPS) is 13.0. The first kappa shape index (κ1) is 24.7. The van der Waals surface area contributed by atoms with Gasteiger partial charge in [-0.2, -0.15) is 0 Å². The third kappa shape index (κ3) is 8.67. The second-order valence-corrected chi connectivity index (χ2v) is 8.43. The molecule has 0 fully saturated rings. The molecule has 3 N–H and O–H groups in total. The van der Waals surface area contributed by atoms with E-state index in [1.165, 1.54) is 0 Å². The molecule has 0 saturated heterocycles. The number of benzene rings is 2. The van der Waals surface area contributed by atoms with Crippen LogP contribution < -0.4 is 10.1 Å². The lowest BCUT2D eigenvalue weighted by atomic mass is 9.92. The lowest BCUT2D eigenvalue weighted by Gasteiger charge is -2.23. The van der Waals surface area contributed by atoms with Crippen molar-refractivity contribution < 1.29 is 34.1 Å². The molecule has 0 unspecified atom stereocenters. The second-order valence-electron chi connectivity index (χ2n) is 8.43. The molecule has 0 radical (unpaired) electrons. The van der Waals surface area contributed by atoms with E-state index in [0.717, 1.165) is 5.56 Å². The average molecular weight is 443 g/mol. The zero-order valence-electron chi connectivity index (χ0n) is 18.4. The van der Waals surface area contributed by atoms with Gasteiger partial charge in [0.15, 0.2) is 0 Å². The molecule has 8 nitrogen and oxygen atoms in total. The van der Waals surface area contributed by atoms with Crippen molar-refractivity contribution in [1.82, 2.24) is 5.32 Å². The van der Waals surface area contributed by atoms with Gasteiger partial charge in [0.05, 0.1) is 5.92 Å². The van der Waals surface area contributed by atoms with Gasteiger partial charge in [0.2, 0.25) is 0 Å². The Bertz CT molecular complexity index is 904. The zero-order chi connectivity index (χ0) is 23.7. The van der Waals surface area contributed by atoms with E-state index >= 15 is 0 Å². The summed E-state index contributed by atoms with van der Waals surface area (Å²) in [5.74, 6) is -2.85. The van der Waals surface area contributed by atoms with Gasteiger partial charge in [-0.15, -0.1) is 0 Å². The standard InChI is InChI=1S/C24H29NO7/c1-24(2,3)32-23(30)25-20(22(28)29)14-18(21(26)27)13-16-9-11-19(12-10-16)31-15-17-7-5-4-6-8-17/h4-12,18,20H,13-15H2,1-3H3,(H,25,30)(H,26,27)(H,28,29)/t18-,20+/m0/s1. The summed E-state index contributed by atoms with van der Waals surface area (Å²) in [7, 11) is 0. The topological polar surface area (TPSA) is 122 Å². The van der Waals surface area contributed by atoms with Crippen LogP contribution in [0.1, 0.15) is 38.3 Å². The van der Waals surface area contributed by atoms with Gasteiger partial charge in [0.1, 0.15) is 24.0 Å². The number of aliphatic carboxylic acids is 2. The Kier molecular flexibility index (Phi) is 8.63. The van der Waals surface area contributed by atoms with Crippen LogP contribution in [0.25, 0.3) is 0 Å². The predicted molar refractivity (Wildman–Crippen MR) is 117 cm³/mol. The molecule has 2 atom stereocenters. The van der Waals surface area contributed by atoms with E-state index in [4.69, 9.17) is 9.47 Å². The van der Waals surface area contributed by atoms with Crippen LogP contribution in [-0.4, -0.2) is 39.9 Å². The highest BCUT2D eigenvalue weighted by Gasteiger charge is 2.30. The van der Waals surface area contributed by atoms with Gasteiger partial charge < -0.3 is 25.0 Å². The predicted octanol–water partition coefficient (Wildman–Crippen LogP) is 3.88. The Morgan fingerprint density at radius 2 is 1.53 bits per heavy atom. The van der Waals surface area contributed by atoms with Crippen molar-refractivity contribution in [2.75, 3.05) is 0 Å². The molecule has 1 amide bonds. The number of nitrogens with one attached hydrogen (secondary N) is 1. The van der Waals surface area contributed by atoms with Crippen molar-refractivity contribution in [2.24, 2.45) is 5.92 Å². The minimum absolute atomic E-state index is 0.105. The van der Waals surface area contributed by atoms with Gasteiger partial charge in [0.25, 0.3) is 0 Å². The third-order valence-electron chi connectivity index (χ3n) is 4.51. The molecule has 172 valence electrons. The fourth-order valence-corrected chi connectivity index (χ4v) is 2.97. The number of ether oxygens (including phenoxy) is 2. The molecule has 0 spiro atoms. The third-order valence-corrected chi connectivity index (χ3v) is 4.51. The quantitative estimate of drug-likeness (QED) is 0.509. The van der Waals surface area contributed by atoms with Crippen molar-refractivity contribution in [3.63, 3.8) is 0 Å². The van der Waals surface area contributed by atoms with Crippen LogP contribution in [0.2, 0.25) is 0 Å². The number of carbonyl (C=O) groups is 3. The lowest BCUT2D eigenvalue weighted by Crippen LogP contribution is -2.45. The van der Waals surface area contributed by atoms with Gasteiger partial charge in [0, 0.05) is 0 Å². The van der Waals surface area contributed by atoms with E-state index in [2.05, 4.69) is 5.32 Å². The first-order valence-corrected chi connectivity index (χ1v) is 10.2. The Balaban J connectivity index is 1.98. The summed E-state index contributed by atoms with van der Waals surface area (Å²) in [5, 5.41) is 21.3. The van der Waals surface area contributed by atoms with Crippen LogP contribution in [0.4, 0.5) is 4.79 Å². The van der Waals surface area contributed by atoms with E-state index < -0.39 is 35.6 Å². The van der Waals surface area contributed by atoms with Crippen LogP contribution in [0.3, 0.4) is 0 Å². The summed E-state index contributed by atoms with van der Waals surface area (Å²) in [6.07, 6.45) is -1.08. The Morgan fingerprint density at radius 3 is 2.06 bits per heavy atom. The number of hydrogen-bond acceptors (Lipinski definition) is 5. The van der Waals surface area contributed by atoms with Crippen molar-refractivity contribution >= 4 is 18.0 Å². The minimum atomic E-state index is -1.39. The van der Waals surface area contributed by atoms with Crippen LogP contribution in [0.5, 0.6) is 5.75 Å². The molecule has 0 aliphatic rings. The SMILES string of the molecule is CC(C)(C)OC(=O)N[C@H](C[C@H](Cc1ccc(OCc2ccccc2)cc1)C(=O)O)C(=O)O. The molecule has 0 aliphatic heterocycles. The van der Waals surface area contributed by atoms with E-state index in [1.807, 2.05) is 30.3 Å². The fourth-order valence-electron chi connectivity index (χ4n) is 2.97. The van der Waals surface area contributed by atoms with Crippen LogP contribution in [0, 0.1) is 5.92 Å². The number of rotatable bonds is 10. The summed E-state index contributed by atoms with van der Waals surface area (Å²) >= 11 is 0. The van der Waals surface area contributed by atoms with Crippen molar-refractivity contribution in [3.8, 4) is 5.75 Å². The number of carboxylic acids is 2. The molecular formula is C24H29NO7. The summed E-state index contributed by atoms with van der Waals surface area (Å²) in [5.41, 5.74) is 0.939. The minimum Gasteiger partial charge on any atom is -0.489 e. The van der Waals surface area contributed by atoms with Crippen molar-refractivity contribution in [3.05, 3.63) is 65.7 Å². The van der Waals surface area contributed by atoms with Crippen LogP contribution >= 0.6 is 0 Å². The smallest absolute Gasteiger partial charge is 0.408 e. The van der Waals surface area contributed by atoms with Gasteiger partial charge in [-0.05, 0) is 56.9 Å². The van der Waals surface area contributed by atoms with Gasteiger partial charge >= 0.3 is 18.0 Å². The highest BCUT2D eigenvalue weighted by Crippen LogP contribution is 2.20. The maximum Gasteiger partial charge on any atom is 0.408 e.